The summed E-state index contributed by atoms with van der Waals surface area (Å²) in [6.07, 6.45) is 0. The van der Waals surface area contributed by atoms with Crippen LogP contribution in [-0.2, 0) is 0 Å². The Kier molecular flexibility index (Phi) is 17.0. The normalized spacial score (nSPS) is 11.8. The molecule has 10 heterocycles. The van der Waals surface area contributed by atoms with Crippen molar-refractivity contribution in [3.8, 4) is 125 Å². The summed E-state index contributed by atoms with van der Waals surface area (Å²) in [4.78, 5) is 52.1. The van der Waals surface area contributed by atoms with Gasteiger partial charge in [0.15, 0.2) is 46.1 Å². The summed E-state index contributed by atoms with van der Waals surface area (Å²) in [6, 6.07) is 134. The Labute approximate surface area is 726 Å². The van der Waals surface area contributed by atoms with Gasteiger partial charge in [0.05, 0.1) is 22.1 Å². The molecule has 0 amide bonds. The van der Waals surface area contributed by atoms with Crippen LogP contribution in [0.2, 0.25) is 0 Å². The molecule has 0 spiro atoms. The second kappa shape index (κ2) is 29.6. The molecule has 0 bridgehead atoms. The van der Waals surface area contributed by atoms with E-state index >= 15 is 0 Å². The molecule has 0 aliphatic heterocycles. The summed E-state index contributed by atoms with van der Waals surface area (Å²) in [5.74, 6) is 4.83. The number of hydrogen-bond donors (Lipinski definition) is 0. The fourth-order valence-corrected chi connectivity index (χ4v) is 20.3. The van der Waals surface area contributed by atoms with Crippen LogP contribution < -0.4 is 0 Å². The van der Waals surface area contributed by atoms with Crippen LogP contribution in [0, 0.1) is 0 Å². The molecule has 16 heteroatoms. The van der Waals surface area contributed by atoms with Gasteiger partial charge in [-0.1, -0.05) is 291 Å². The molecule has 0 fully saturated rings. The van der Waals surface area contributed by atoms with Crippen LogP contribution in [0.15, 0.2) is 397 Å². The number of furan rings is 2. The Morgan fingerprint density at radius 1 is 0.206 bits per heavy atom. The summed E-state index contributed by atoms with van der Waals surface area (Å²) >= 11 is 3.50. The van der Waals surface area contributed by atoms with Gasteiger partial charge in [-0.15, -0.1) is 22.7 Å². The van der Waals surface area contributed by atoms with Crippen molar-refractivity contribution in [3.05, 3.63) is 388 Å². The van der Waals surface area contributed by atoms with Crippen LogP contribution in [-0.4, -0.2) is 59.0 Å². The standard InChI is InChI=1S/2C55H32N6OS/c1-4-16-33(17-5-1)37-24-15-28-44-47(37)39-22-10-12-27-43(39)61(44)55-59-52(35-20-8-3-9-21-35)58-53(60-55)36-30-31-46-42(32-36)38-25-14-26-41(51(38)63-46)54-56-48(34-18-6-2-7-19-34)50-49(57-54)40-23-11-13-29-45(40)62-50;1-4-15-33(16-5-1)38-23-14-25-44-48(38)40-21-10-12-24-43(40)61(44)55-59-52(35-19-8-3-9-20-35)58-54(60-55)36-28-30-46-42(31-36)39-29-27-37(32-47(39)63-46)53-56-49(34-17-6-2-7-18-34)51-50(57-53)41-22-11-13-26-45(41)62-51/h2*1-32H. The van der Waals surface area contributed by atoms with E-state index < -0.39 is 0 Å². The number of benzene rings is 16. The molecule has 0 N–H and O–H groups in total. The molecule has 26 aromatic rings. The van der Waals surface area contributed by atoms with E-state index in [0.29, 0.717) is 58.0 Å². The first-order valence-corrected chi connectivity index (χ1v) is 43.3. The molecule has 26 rings (SSSR count). The highest BCUT2D eigenvalue weighted by molar-refractivity contribution is 7.26. The molecule has 0 saturated heterocycles. The molecule has 0 aliphatic carbocycles. The topological polar surface area (TPSA) is 165 Å². The van der Waals surface area contributed by atoms with Crippen molar-refractivity contribution in [3.63, 3.8) is 0 Å². The Balaban J connectivity index is 0.000000137. The Morgan fingerprint density at radius 2 is 0.563 bits per heavy atom. The van der Waals surface area contributed by atoms with E-state index in [1.165, 1.54) is 4.70 Å². The smallest absolute Gasteiger partial charge is 0.238 e. The van der Waals surface area contributed by atoms with E-state index in [9.17, 15) is 0 Å². The second-order valence-corrected chi connectivity index (χ2v) is 33.4. The minimum Gasteiger partial charge on any atom is -0.452 e. The predicted octanol–water partition coefficient (Wildman–Crippen LogP) is 28.7. The number of nitrogens with zero attached hydrogens (tertiary/aromatic N) is 12. The molecule has 0 unspecified atom stereocenters. The first-order valence-electron chi connectivity index (χ1n) is 41.7. The number of para-hydroxylation sites is 4. The lowest BCUT2D eigenvalue weighted by Crippen LogP contribution is -2.06. The van der Waals surface area contributed by atoms with Gasteiger partial charge in [-0.25, -0.2) is 29.9 Å². The van der Waals surface area contributed by atoms with Crippen LogP contribution in [0.4, 0.5) is 0 Å². The highest BCUT2D eigenvalue weighted by Gasteiger charge is 2.27. The predicted molar refractivity (Wildman–Crippen MR) is 514 cm³/mol. The summed E-state index contributed by atoms with van der Waals surface area (Å²) in [6.45, 7) is 0. The van der Waals surface area contributed by atoms with Crippen molar-refractivity contribution in [2.45, 2.75) is 0 Å². The molecule has 0 aliphatic rings. The summed E-state index contributed by atoms with van der Waals surface area (Å²) in [5.41, 5.74) is 22.4. The molecule has 588 valence electrons. The number of thiophene rings is 2. The van der Waals surface area contributed by atoms with Crippen molar-refractivity contribution < 1.29 is 8.83 Å². The number of fused-ring (bicyclic) bond motifs is 18. The van der Waals surface area contributed by atoms with Crippen molar-refractivity contribution in [1.29, 1.82) is 0 Å². The second-order valence-electron chi connectivity index (χ2n) is 31.2. The van der Waals surface area contributed by atoms with E-state index in [1.54, 1.807) is 22.7 Å². The van der Waals surface area contributed by atoms with E-state index in [0.717, 1.165) is 190 Å². The minimum absolute atomic E-state index is 0.557. The number of rotatable bonds is 12. The molecule has 16 aromatic carbocycles. The average Bonchev–Trinajstić information content (AvgIpc) is 1.58. The molecule has 0 radical (unpaired) electrons. The quantitative estimate of drug-likeness (QED) is 0.114. The Hall–Kier alpha value is -16.7. The first-order chi connectivity index (χ1) is 62.4. The molecule has 10 aromatic heterocycles. The van der Waals surface area contributed by atoms with Gasteiger partial charge >= 0.3 is 0 Å². The number of hydrogen-bond acceptors (Lipinski definition) is 14. The van der Waals surface area contributed by atoms with Gasteiger partial charge in [0.25, 0.3) is 0 Å². The van der Waals surface area contributed by atoms with E-state index in [2.05, 4.69) is 276 Å². The molecule has 126 heavy (non-hydrogen) atoms. The van der Waals surface area contributed by atoms with Gasteiger partial charge in [-0.3, -0.25) is 9.13 Å². The zero-order valence-corrected chi connectivity index (χ0v) is 68.6. The molecule has 0 saturated carbocycles. The summed E-state index contributed by atoms with van der Waals surface area (Å²) in [5, 5.41) is 11.0. The van der Waals surface area contributed by atoms with Crippen LogP contribution >= 0.6 is 22.7 Å². The molecule has 0 atom stereocenters. The van der Waals surface area contributed by atoms with E-state index in [1.807, 2.05) is 121 Å². The lowest BCUT2D eigenvalue weighted by Gasteiger charge is -2.11. The van der Waals surface area contributed by atoms with Gasteiger partial charge in [0.2, 0.25) is 11.9 Å². The van der Waals surface area contributed by atoms with Gasteiger partial charge in [-0.05, 0) is 119 Å². The van der Waals surface area contributed by atoms with Crippen molar-refractivity contribution in [1.82, 2.24) is 59.0 Å². The highest BCUT2D eigenvalue weighted by atomic mass is 32.1. The van der Waals surface area contributed by atoms with Gasteiger partial charge < -0.3 is 8.83 Å². The van der Waals surface area contributed by atoms with E-state index in [4.69, 9.17) is 58.7 Å². The van der Waals surface area contributed by atoms with Gasteiger partial charge in [0.1, 0.15) is 33.6 Å². The van der Waals surface area contributed by atoms with Crippen molar-refractivity contribution in [2.24, 2.45) is 0 Å². The zero-order valence-electron chi connectivity index (χ0n) is 66.9. The summed E-state index contributed by atoms with van der Waals surface area (Å²) in [7, 11) is 0. The maximum absolute atomic E-state index is 6.41. The van der Waals surface area contributed by atoms with Crippen LogP contribution in [0.1, 0.15) is 0 Å². The average molecular weight is 1650 g/mol. The van der Waals surface area contributed by atoms with Crippen LogP contribution in [0.5, 0.6) is 0 Å². The molecular formula is C110H64N12O2S2. The lowest BCUT2D eigenvalue weighted by atomic mass is 9.99. The third kappa shape index (κ3) is 12.1. The fourth-order valence-electron chi connectivity index (χ4n) is 18.0. The number of aromatic nitrogens is 12. The fraction of sp³-hybridized carbons (Fsp3) is 0. The largest absolute Gasteiger partial charge is 0.452 e. The van der Waals surface area contributed by atoms with Gasteiger partial charge in [0, 0.05) is 117 Å². The maximum Gasteiger partial charge on any atom is 0.238 e. The highest BCUT2D eigenvalue weighted by Crippen LogP contribution is 2.47. The maximum atomic E-state index is 6.41. The van der Waals surface area contributed by atoms with E-state index in [-0.39, 0.29) is 0 Å². The molecular weight excluding hydrogens is 1590 g/mol. The van der Waals surface area contributed by atoms with Crippen molar-refractivity contribution >= 4 is 151 Å². The first kappa shape index (κ1) is 72.2. The third-order valence-electron chi connectivity index (χ3n) is 23.8. The zero-order chi connectivity index (χ0) is 82.9. The van der Waals surface area contributed by atoms with Crippen molar-refractivity contribution in [2.75, 3.05) is 0 Å². The van der Waals surface area contributed by atoms with Crippen LogP contribution in [0.3, 0.4) is 0 Å². The monoisotopic (exact) mass is 1650 g/mol. The Morgan fingerprint density at radius 3 is 1.06 bits per heavy atom. The van der Waals surface area contributed by atoms with Gasteiger partial charge in [-0.2, -0.15) is 19.9 Å². The minimum atomic E-state index is 0.557. The third-order valence-corrected chi connectivity index (χ3v) is 26.1. The van der Waals surface area contributed by atoms with Crippen LogP contribution in [0.25, 0.3) is 253 Å². The SMILES string of the molecule is c1ccc(-c2nc(-c3ccc4sc5c(-c6nc(-c7ccccc7)c7oc8ccccc8c7n6)cccc5c4c3)nc(-n3c4ccccc4c4c(-c5ccccc5)cccc43)n2)cc1.c1ccc(-c2nc(-c3ccc4sc5cc(-c6nc(-c7ccccc7)c7oc8ccccc8c7n6)ccc5c4c3)nc(-n3c4ccccc4c4c(-c5ccccc5)cccc43)n2)cc1. The molecule has 14 nitrogen and oxygen atoms in total. The lowest BCUT2D eigenvalue weighted by molar-refractivity contribution is 0.667. The summed E-state index contributed by atoms with van der Waals surface area (Å²) < 4.78 is 21.7. The Bertz CT molecular complexity index is 8860.